The lowest BCUT2D eigenvalue weighted by molar-refractivity contribution is 0.0605. The van der Waals surface area contributed by atoms with E-state index in [0.717, 1.165) is 22.5 Å². The van der Waals surface area contributed by atoms with Gasteiger partial charge in [-0.15, -0.1) is 0 Å². The number of nitrogens with one attached hydrogen (secondary N) is 1. The maximum Gasteiger partial charge on any atom is 0.350 e. The van der Waals surface area contributed by atoms with Crippen LogP contribution in [-0.2, 0) is 4.74 Å². The molecule has 0 aliphatic carbocycles. The van der Waals surface area contributed by atoms with Crippen molar-refractivity contribution in [2.45, 2.75) is 13.8 Å². The molecule has 0 saturated heterocycles. The number of hydrogen-bond donors (Lipinski definition) is 1. The van der Waals surface area contributed by atoms with E-state index in [1.165, 1.54) is 7.11 Å². The third-order valence-corrected chi connectivity index (χ3v) is 5.13. The fraction of sp³-hybridized carbons (Fsp3) is 0.167. The molecule has 2 aromatic heterocycles. The van der Waals surface area contributed by atoms with Gasteiger partial charge in [0.25, 0.3) is 5.91 Å². The summed E-state index contributed by atoms with van der Waals surface area (Å²) in [6.07, 6.45) is 0. The van der Waals surface area contributed by atoms with Gasteiger partial charge in [-0.2, -0.15) is 0 Å². The van der Waals surface area contributed by atoms with Gasteiger partial charge in [-0.05, 0) is 37.6 Å². The molecule has 0 aliphatic rings. The van der Waals surface area contributed by atoms with Gasteiger partial charge < -0.3 is 9.15 Å². The molecule has 3 aromatic rings. The standard InChI is InChI=1S/C18H15ClN2O4S/c1-9-4-5-11(8-12(9)19)13-6-7-14(25-13)16(22)21-18-20-10(2)15(26-18)17(23)24-3/h4-8H,1-3H3,(H,20,21,22). The number of furan rings is 1. The number of thiazole rings is 1. The van der Waals surface area contributed by atoms with Crippen molar-refractivity contribution in [1.29, 1.82) is 0 Å². The minimum absolute atomic E-state index is 0.129. The van der Waals surface area contributed by atoms with Crippen molar-refractivity contribution in [3.63, 3.8) is 0 Å². The highest BCUT2D eigenvalue weighted by Gasteiger charge is 2.19. The Hall–Kier alpha value is -2.64. The number of esters is 1. The van der Waals surface area contributed by atoms with Crippen molar-refractivity contribution in [2.24, 2.45) is 0 Å². The number of carbonyl (C=O) groups is 2. The number of aromatic nitrogens is 1. The molecule has 0 saturated carbocycles. The SMILES string of the molecule is COC(=O)c1sc(NC(=O)c2ccc(-c3ccc(C)c(Cl)c3)o2)nc1C. The quantitative estimate of drug-likeness (QED) is 0.652. The molecule has 134 valence electrons. The Morgan fingerprint density at radius 2 is 2.00 bits per heavy atom. The van der Waals surface area contributed by atoms with E-state index in [1.54, 1.807) is 25.1 Å². The summed E-state index contributed by atoms with van der Waals surface area (Å²) in [6.45, 7) is 3.58. The Morgan fingerprint density at radius 1 is 1.23 bits per heavy atom. The second-order valence-electron chi connectivity index (χ2n) is 5.51. The summed E-state index contributed by atoms with van der Waals surface area (Å²) < 4.78 is 10.3. The Balaban J connectivity index is 1.78. The van der Waals surface area contributed by atoms with Crippen LogP contribution in [0.15, 0.2) is 34.7 Å². The first-order valence-electron chi connectivity index (χ1n) is 7.62. The van der Waals surface area contributed by atoms with Crippen LogP contribution in [0.25, 0.3) is 11.3 Å². The van der Waals surface area contributed by atoms with E-state index in [1.807, 2.05) is 19.1 Å². The second kappa shape index (κ2) is 7.31. The molecule has 6 nitrogen and oxygen atoms in total. The zero-order valence-electron chi connectivity index (χ0n) is 14.3. The molecule has 0 aliphatic heterocycles. The molecule has 0 atom stereocenters. The van der Waals surface area contributed by atoms with Crippen LogP contribution < -0.4 is 5.32 Å². The van der Waals surface area contributed by atoms with Gasteiger partial charge in [0.15, 0.2) is 10.9 Å². The normalized spacial score (nSPS) is 10.6. The monoisotopic (exact) mass is 390 g/mol. The number of benzene rings is 1. The summed E-state index contributed by atoms with van der Waals surface area (Å²) >= 11 is 7.17. The average molecular weight is 391 g/mol. The molecule has 0 spiro atoms. The van der Waals surface area contributed by atoms with Crippen molar-refractivity contribution in [1.82, 2.24) is 4.98 Å². The smallest absolute Gasteiger partial charge is 0.350 e. The first-order valence-corrected chi connectivity index (χ1v) is 8.82. The van der Waals surface area contributed by atoms with Crippen LogP contribution in [-0.4, -0.2) is 24.0 Å². The fourth-order valence-electron chi connectivity index (χ4n) is 2.25. The zero-order valence-corrected chi connectivity index (χ0v) is 15.8. The number of aryl methyl sites for hydroxylation is 2. The second-order valence-corrected chi connectivity index (χ2v) is 6.91. The number of amides is 1. The highest BCUT2D eigenvalue weighted by molar-refractivity contribution is 7.17. The van der Waals surface area contributed by atoms with Crippen LogP contribution in [0.2, 0.25) is 5.02 Å². The van der Waals surface area contributed by atoms with Crippen LogP contribution in [0.4, 0.5) is 5.13 Å². The van der Waals surface area contributed by atoms with Crippen LogP contribution >= 0.6 is 22.9 Å². The van der Waals surface area contributed by atoms with Crippen molar-refractivity contribution >= 4 is 39.9 Å². The lowest BCUT2D eigenvalue weighted by atomic mass is 10.1. The summed E-state index contributed by atoms with van der Waals surface area (Å²) in [5.41, 5.74) is 2.23. The molecule has 0 unspecified atom stereocenters. The number of hydrogen-bond acceptors (Lipinski definition) is 6. The molecule has 26 heavy (non-hydrogen) atoms. The third kappa shape index (κ3) is 3.63. The molecule has 2 heterocycles. The zero-order chi connectivity index (χ0) is 18.8. The van der Waals surface area contributed by atoms with E-state index in [0.29, 0.717) is 26.5 Å². The van der Waals surface area contributed by atoms with E-state index >= 15 is 0 Å². The minimum atomic E-state index is -0.489. The summed E-state index contributed by atoms with van der Waals surface area (Å²) in [5, 5.41) is 3.54. The number of methoxy groups -OCH3 is 1. The molecule has 8 heteroatoms. The van der Waals surface area contributed by atoms with Gasteiger partial charge in [0, 0.05) is 10.6 Å². The molecular weight excluding hydrogens is 376 g/mol. The number of rotatable bonds is 4. The highest BCUT2D eigenvalue weighted by Crippen LogP contribution is 2.28. The first-order chi connectivity index (χ1) is 12.4. The van der Waals surface area contributed by atoms with Crippen LogP contribution in [0.3, 0.4) is 0 Å². The molecular formula is C18H15ClN2O4S. The van der Waals surface area contributed by atoms with E-state index < -0.39 is 11.9 Å². The van der Waals surface area contributed by atoms with Crippen LogP contribution in [0.5, 0.6) is 0 Å². The molecule has 0 fully saturated rings. The maximum absolute atomic E-state index is 12.4. The van der Waals surface area contributed by atoms with Gasteiger partial charge in [0.2, 0.25) is 0 Å². The minimum Gasteiger partial charge on any atom is -0.465 e. The Bertz CT molecular complexity index is 993. The topological polar surface area (TPSA) is 81.4 Å². The molecule has 1 aromatic carbocycles. The predicted molar refractivity (Wildman–Crippen MR) is 100 cm³/mol. The third-order valence-electron chi connectivity index (χ3n) is 3.67. The number of carbonyl (C=O) groups excluding carboxylic acids is 2. The maximum atomic E-state index is 12.4. The van der Waals surface area contributed by atoms with Crippen LogP contribution in [0.1, 0.15) is 31.5 Å². The summed E-state index contributed by atoms with van der Waals surface area (Å²) in [4.78, 5) is 28.5. The highest BCUT2D eigenvalue weighted by atomic mass is 35.5. The average Bonchev–Trinajstić information content (AvgIpc) is 3.24. The van der Waals surface area contributed by atoms with E-state index in [-0.39, 0.29) is 5.76 Å². The molecule has 0 radical (unpaired) electrons. The van der Waals surface area contributed by atoms with Crippen molar-refractivity contribution in [3.8, 4) is 11.3 Å². The molecule has 0 bridgehead atoms. The Labute approximate surface area is 158 Å². The van der Waals surface area contributed by atoms with Gasteiger partial charge in [-0.25, -0.2) is 9.78 Å². The van der Waals surface area contributed by atoms with Crippen LogP contribution in [0, 0.1) is 13.8 Å². The van der Waals surface area contributed by atoms with E-state index in [4.69, 9.17) is 16.0 Å². The Morgan fingerprint density at radius 3 is 2.69 bits per heavy atom. The van der Waals surface area contributed by atoms with E-state index in [9.17, 15) is 9.59 Å². The number of anilines is 1. The number of ether oxygens (including phenoxy) is 1. The first kappa shape index (κ1) is 18.2. The molecule has 1 N–H and O–H groups in total. The summed E-state index contributed by atoms with van der Waals surface area (Å²) in [5.74, 6) is -0.288. The lowest BCUT2D eigenvalue weighted by Gasteiger charge is -2.01. The molecule has 1 amide bonds. The summed E-state index contributed by atoms with van der Waals surface area (Å²) in [6, 6.07) is 8.80. The predicted octanol–water partition coefficient (Wildman–Crippen LogP) is 4.71. The largest absolute Gasteiger partial charge is 0.465 e. The van der Waals surface area contributed by atoms with Gasteiger partial charge in [0.1, 0.15) is 10.6 Å². The number of nitrogens with zero attached hydrogens (tertiary/aromatic N) is 1. The van der Waals surface area contributed by atoms with Gasteiger partial charge in [-0.3, -0.25) is 10.1 Å². The number of halogens is 1. The van der Waals surface area contributed by atoms with Gasteiger partial charge in [0.05, 0.1) is 12.8 Å². The van der Waals surface area contributed by atoms with Crippen molar-refractivity contribution < 1.29 is 18.7 Å². The lowest BCUT2D eigenvalue weighted by Crippen LogP contribution is -2.10. The van der Waals surface area contributed by atoms with Gasteiger partial charge in [-0.1, -0.05) is 35.1 Å². The Kier molecular flexibility index (Phi) is 5.11. The van der Waals surface area contributed by atoms with Crippen molar-refractivity contribution in [3.05, 3.63) is 57.2 Å². The summed E-state index contributed by atoms with van der Waals surface area (Å²) in [7, 11) is 1.29. The molecule has 3 rings (SSSR count). The fourth-order valence-corrected chi connectivity index (χ4v) is 3.31. The van der Waals surface area contributed by atoms with E-state index in [2.05, 4.69) is 15.0 Å². The van der Waals surface area contributed by atoms with Gasteiger partial charge >= 0.3 is 5.97 Å². The van der Waals surface area contributed by atoms with Crippen molar-refractivity contribution in [2.75, 3.05) is 12.4 Å².